The average Bonchev–Trinajstić information content (AvgIpc) is 2.79. The molecule has 1 aromatic heterocycles. The third-order valence-corrected chi connectivity index (χ3v) is 5.52. The Morgan fingerprint density at radius 3 is 2.40 bits per heavy atom. The Kier molecular flexibility index (Phi) is 5.89. The second kappa shape index (κ2) is 8.91. The van der Waals surface area contributed by atoms with Crippen molar-refractivity contribution in [1.29, 1.82) is 5.26 Å². The molecule has 6 heteroatoms. The van der Waals surface area contributed by atoms with Gasteiger partial charge in [-0.1, -0.05) is 49.4 Å². The van der Waals surface area contributed by atoms with Gasteiger partial charge < -0.3 is 9.64 Å². The van der Waals surface area contributed by atoms with Crippen LogP contribution >= 0.6 is 0 Å². The average molecular weight is 400 g/mol. The number of carbonyl (C=O) groups is 1. The Labute approximate surface area is 176 Å². The lowest BCUT2D eigenvalue weighted by molar-refractivity contribution is -0.145. The van der Waals surface area contributed by atoms with Gasteiger partial charge in [-0.25, -0.2) is 9.97 Å². The molecule has 0 aliphatic carbocycles. The topological polar surface area (TPSA) is 79.1 Å². The van der Waals surface area contributed by atoms with E-state index >= 15 is 0 Å². The van der Waals surface area contributed by atoms with Crippen LogP contribution in [-0.2, 0) is 16.1 Å². The third kappa shape index (κ3) is 4.25. The van der Waals surface area contributed by atoms with Crippen LogP contribution in [0.1, 0.15) is 36.9 Å². The van der Waals surface area contributed by atoms with E-state index in [1.807, 2.05) is 54.6 Å². The zero-order chi connectivity index (χ0) is 20.9. The summed E-state index contributed by atoms with van der Waals surface area (Å²) in [6.45, 7) is 4.02. The summed E-state index contributed by atoms with van der Waals surface area (Å²) in [6, 6.07) is 19.1. The summed E-state index contributed by atoms with van der Waals surface area (Å²) in [6.07, 6.45) is 2.09. The molecule has 30 heavy (non-hydrogen) atoms. The summed E-state index contributed by atoms with van der Waals surface area (Å²) in [5, 5.41) is 9.85. The van der Waals surface area contributed by atoms with Gasteiger partial charge in [0.25, 0.3) is 0 Å². The molecule has 1 fully saturated rings. The molecule has 1 saturated heterocycles. The van der Waals surface area contributed by atoms with Crippen molar-refractivity contribution in [3.8, 4) is 6.07 Å². The first-order chi connectivity index (χ1) is 14.7. The smallest absolute Gasteiger partial charge is 0.330 e. The molecule has 1 aliphatic heterocycles. The van der Waals surface area contributed by atoms with E-state index < -0.39 is 11.9 Å². The molecule has 152 valence electrons. The first-order valence-electron chi connectivity index (χ1n) is 10.3. The van der Waals surface area contributed by atoms with Gasteiger partial charge in [0.05, 0.1) is 17.1 Å². The number of carbonyl (C=O) groups excluding carboxylic acids is 1. The van der Waals surface area contributed by atoms with Crippen LogP contribution in [0, 0.1) is 17.2 Å². The molecule has 4 rings (SSSR count). The standard InChI is InChI=1S/C24H24N4O2/c1-17-11-13-28(14-12-17)23-22(26-20-9-5-6-10-21(20)27-23)19(15-25)24(29)30-16-18-7-3-2-4-8-18/h2-10,17,19H,11-14,16H2,1H3. The molecule has 1 aliphatic rings. The molecule has 2 heterocycles. The van der Waals surface area contributed by atoms with E-state index in [9.17, 15) is 10.1 Å². The quantitative estimate of drug-likeness (QED) is 0.597. The number of hydrogen-bond donors (Lipinski definition) is 0. The lowest BCUT2D eigenvalue weighted by Crippen LogP contribution is -2.35. The number of ether oxygens (including phenoxy) is 1. The van der Waals surface area contributed by atoms with E-state index in [1.165, 1.54) is 0 Å². The molecule has 0 bridgehead atoms. The van der Waals surface area contributed by atoms with Crippen molar-refractivity contribution >= 4 is 22.8 Å². The lowest BCUT2D eigenvalue weighted by atomic mass is 9.98. The molecule has 6 nitrogen and oxygen atoms in total. The largest absolute Gasteiger partial charge is 0.460 e. The Bertz CT molecular complexity index is 1070. The van der Waals surface area contributed by atoms with Gasteiger partial charge in [0.15, 0.2) is 11.7 Å². The van der Waals surface area contributed by atoms with Gasteiger partial charge in [0, 0.05) is 13.1 Å². The van der Waals surface area contributed by atoms with Crippen molar-refractivity contribution in [1.82, 2.24) is 9.97 Å². The number of hydrogen-bond acceptors (Lipinski definition) is 6. The minimum Gasteiger partial charge on any atom is -0.460 e. The molecule has 0 amide bonds. The van der Waals surface area contributed by atoms with E-state index in [4.69, 9.17) is 9.72 Å². The lowest BCUT2D eigenvalue weighted by Gasteiger charge is -2.32. The molecule has 3 aromatic rings. The van der Waals surface area contributed by atoms with Crippen LogP contribution in [0.15, 0.2) is 54.6 Å². The third-order valence-electron chi connectivity index (χ3n) is 5.52. The number of rotatable bonds is 5. The van der Waals surface area contributed by atoms with Crippen molar-refractivity contribution in [3.63, 3.8) is 0 Å². The molecule has 0 saturated carbocycles. The Balaban J connectivity index is 1.66. The van der Waals surface area contributed by atoms with Crippen LogP contribution in [0.4, 0.5) is 5.82 Å². The maximum Gasteiger partial charge on any atom is 0.330 e. The number of fused-ring (bicyclic) bond motifs is 1. The van der Waals surface area contributed by atoms with Crippen molar-refractivity contribution in [2.75, 3.05) is 18.0 Å². The summed E-state index contributed by atoms with van der Waals surface area (Å²) >= 11 is 0. The van der Waals surface area contributed by atoms with Gasteiger partial charge in [-0.05, 0) is 36.5 Å². The number of aromatic nitrogens is 2. The van der Waals surface area contributed by atoms with Crippen LogP contribution in [0.2, 0.25) is 0 Å². The second-order valence-electron chi connectivity index (χ2n) is 7.75. The fraction of sp³-hybridized carbons (Fsp3) is 0.333. The summed E-state index contributed by atoms with van der Waals surface area (Å²) in [5.74, 6) is -0.456. The molecular formula is C24H24N4O2. The number of nitrogens with zero attached hydrogens (tertiary/aromatic N) is 4. The molecular weight excluding hydrogens is 376 g/mol. The number of esters is 1. The summed E-state index contributed by atoms with van der Waals surface area (Å²) < 4.78 is 5.46. The number of anilines is 1. The van der Waals surface area contributed by atoms with Gasteiger partial charge in [-0.3, -0.25) is 4.79 Å². The number of piperidine rings is 1. The summed E-state index contributed by atoms with van der Waals surface area (Å²) in [5.41, 5.74) is 2.67. The van der Waals surface area contributed by atoms with Gasteiger partial charge in [-0.2, -0.15) is 5.26 Å². The first-order valence-corrected chi connectivity index (χ1v) is 10.3. The maximum absolute atomic E-state index is 12.8. The first kappa shape index (κ1) is 19.8. The van der Waals surface area contributed by atoms with E-state index in [0.717, 1.165) is 37.0 Å². The molecule has 1 unspecified atom stereocenters. The SMILES string of the molecule is CC1CCN(c2nc3ccccc3nc2C(C#N)C(=O)OCc2ccccc2)CC1. The van der Waals surface area contributed by atoms with Crippen LogP contribution < -0.4 is 4.90 Å². The minimum atomic E-state index is -1.12. The van der Waals surface area contributed by atoms with Gasteiger partial charge in [-0.15, -0.1) is 0 Å². The second-order valence-corrected chi connectivity index (χ2v) is 7.75. The molecule has 0 radical (unpaired) electrons. The van der Waals surface area contributed by atoms with Gasteiger partial charge >= 0.3 is 5.97 Å². The Morgan fingerprint density at radius 1 is 1.10 bits per heavy atom. The highest BCUT2D eigenvalue weighted by molar-refractivity contribution is 5.85. The highest BCUT2D eigenvalue weighted by Crippen LogP contribution is 2.30. The normalized spacial score (nSPS) is 15.5. The molecule has 1 atom stereocenters. The van der Waals surface area contributed by atoms with Crippen LogP contribution in [-0.4, -0.2) is 29.0 Å². The fourth-order valence-electron chi connectivity index (χ4n) is 3.69. The van der Waals surface area contributed by atoms with Crippen LogP contribution in [0.25, 0.3) is 11.0 Å². The number of benzene rings is 2. The van der Waals surface area contributed by atoms with Crippen molar-refractivity contribution in [3.05, 3.63) is 65.9 Å². The van der Waals surface area contributed by atoms with Crippen LogP contribution in [0.5, 0.6) is 0 Å². The van der Waals surface area contributed by atoms with E-state index in [1.54, 1.807) is 0 Å². The van der Waals surface area contributed by atoms with Crippen molar-refractivity contribution in [2.24, 2.45) is 5.92 Å². The minimum absolute atomic E-state index is 0.120. The highest BCUT2D eigenvalue weighted by Gasteiger charge is 2.31. The zero-order valence-corrected chi connectivity index (χ0v) is 17.0. The number of nitriles is 1. The monoisotopic (exact) mass is 400 g/mol. The van der Waals surface area contributed by atoms with E-state index in [-0.39, 0.29) is 6.61 Å². The predicted molar refractivity (Wildman–Crippen MR) is 115 cm³/mol. The zero-order valence-electron chi connectivity index (χ0n) is 17.0. The highest BCUT2D eigenvalue weighted by atomic mass is 16.5. The maximum atomic E-state index is 12.8. The van der Waals surface area contributed by atoms with Gasteiger partial charge in [0.2, 0.25) is 0 Å². The fourth-order valence-corrected chi connectivity index (χ4v) is 3.69. The Morgan fingerprint density at radius 2 is 1.73 bits per heavy atom. The molecule has 0 N–H and O–H groups in total. The van der Waals surface area contributed by atoms with Crippen LogP contribution in [0.3, 0.4) is 0 Å². The molecule has 0 spiro atoms. The van der Waals surface area contributed by atoms with Crippen molar-refractivity contribution in [2.45, 2.75) is 32.3 Å². The predicted octanol–water partition coefficient (Wildman–Crippen LogP) is 4.22. The summed E-state index contributed by atoms with van der Waals surface area (Å²) in [4.78, 5) is 24.5. The Hall–Kier alpha value is -3.46. The van der Waals surface area contributed by atoms with E-state index in [0.29, 0.717) is 22.9 Å². The van der Waals surface area contributed by atoms with Gasteiger partial charge in [0.1, 0.15) is 12.3 Å². The summed E-state index contributed by atoms with van der Waals surface area (Å²) in [7, 11) is 0. The molecule has 2 aromatic carbocycles. The number of para-hydroxylation sites is 2. The van der Waals surface area contributed by atoms with E-state index in [2.05, 4.69) is 22.9 Å². The van der Waals surface area contributed by atoms with Crippen molar-refractivity contribution < 1.29 is 9.53 Å².